The SMILES string of the molecule is Cc1ccc(-c2ccc(CCc3cc(CCc4ccc(-c5ccc(C)cn5)cc4)cc(-c4ccccc4-c4ccc(-c5ccc(C)cn5)cc4-c4ccc(-c5ccc(C#N)cc5)cc4)c3)cc2)nc1. The number of nitriles is 1. The Morgan fingerprint density at radius 3 is 1.20 bits per heavy atom. The fourth-order valence-corrected chi connectivity index (χ4v) is 9.11. The summed E-state index contributed by atoms with van der Waals surface area (Å²) in [6.07, 6.45) is 9.48. The van der Waals surface area contributed by atoms with Crippen LogP contribution in [0.4, 0.5) is 0 Å². The Bertz CT molecular complexity index is 3290. The van der Waals surface area contributed by atoms with E-state index in [2.05, 4.69) is 207 Å². The highest BCUT2D eigenvalue weighted by molar-refractivity contribution is 5.94. The molecule has 0 bridgehead atoms. The second-order valence-electron chi connectivity index (χ2n) is 18.2. The highest BCUT2D eigenvalue weighted by Gasteiger charge is 2.17. The van der Waals surface area contributed by atoms with Crippen molar-refractivity contribution in [1.29, 1.82) is 5.26 Å². The zero-order valence-electron chi connectivity index (χ0n) is 39.3. The number of hydrogen-bond donors (Lipinski definition) is 0. The van der Waals surface area contributed by atoms with Gasteiger partial charge in [0.05, 0.1) is 28.7 Å². The second-order valence-corrected chi connectivity index (χ2v) is 18.2. The first-order chi connectivity index (χ1) is 33.8. The third-order valence-electron chi connectivity index (χ3n) is 13.1. The lowest BCUT2D eigenvalue weighted by Crippen LogP contribution is -1.98. The maximum absolute atomic E-state index is 9.38. The number of benzene rings is 7. The zero-order valence-corrected chi connectivity index (χ0v) is 39.3. The topological polar surface area (TPSA) is 62.5 Å². The van der Waals surface area contributed by atoms with Gasteiger partial charge in [-0.25, -0.2) is 0 Å². The van der Waals surface area contributed by atoms with Gasteiger partial charge in [-0.2, -0.15) is 5.26 Å². The first kappa shape index (κ1) is 44.3. The molecule has 7 aromatic carbocycles. The Labute approximate surface area is 406 Å². The molecule has 3 aromatic heterocycles. The van der Waals surface area contributed by atoms with Gasteiger partial charge in [-0.15, -0.1) is 0 Å². The molecule has 10 rings (SSSR count). The van der Waals surface area contributed by atoms with E-state index in [4.69, 9.17) is 4.98 Å². The molecule has 0 aliphatic heterocycles. The van der Waals surface area contributed by atoms with Crippen LogP contribution in [0.1, 0.15) is 44.5 Å². The van der Waals surface area contributed by atoms with Gasteiger partial charge in [0.1, 0.15) is 0 Å². The van der Waals surface area contributed by atoms with Crippen molar-refractivity contribution in [2.75, 3.05) is 0 Å². The summed E-state index contributed by atoms with van der Waals surface area (Å²) < 4.78 is 0. The number of aromatic nitrogens is 3. The summed E-state index contributed by atoms with van der Waals surface area (Å²) in [5.41, 5.74) is 24.8. The Morgan fingerprint density at radius 2 is 0.725 bits per heavy atom. The van der Waals surface area contributed by atoms with Gasteiger partial charge in [0.15, 0.2) is 0 Å². The van der Waals surface area contributed by atoms with Crippen LogP contribution in [0.15, 0.2) is 213 Å². The predicted molar refractivity (Wildman–Crippen MR) is 285 cm³/mol. The van der Waals surface area contributed by atoms with Crippen LogP contribution in [0.25, 0.3) is 78.3 Å². The van der Waals surface area contributed by atoms with Crippen molar-refractivity contribution in [3.63, 3.8) is 0 Å². The molecule has 0 saturated carbocycles. The zero-order chi connectivity index (χ0) is 47.1. The molecule has 0 N–H and O–H groups in total. The molecular weight excluding hydrogens is 837 g/mol. The first-order valence-corrected chi connectivity index (χ1v) is 23.8. The minimum absolute atomic E-state index is 0.654. The standard InChI is InChI=1S/C65H52N4/c1-44-8-33-63(67-41-44)55-23-15-47(16-24-55)11-13-50-36-51(14-12-48-17-25-56(26-18-48)64-34-9-45(2)42-68-64)38-58(37-50)59-6-4-5-7-60(59)61-32-31-57(65-35-10-46(3)43-69-65)39-62(61)54-29-27-53(28-30-54)52-21-19-49(40-66)20-22-52/h4-10,15-39,41-43H,11-14H2,1-3H3. The van der Waals surface area contributed by atoms with Crippen molar-refractivity contribution >= 4 is 0 Å². The molecule has 0 atom stereocenters. The van der Waals surface area contributed by atoms with E-state index in [1.165, 1.54) is 38.9 Å². The van der Waals surface area contributed by atoms with E-state index in [9.17, 15) is 5.26 Å². The van der Waals surface area contributed by atoms with Gasteiger partial charge in [-0.05, 0) is 166 Å². The van der Waals surface area contributed by atoms with Crippen LogP contribution >= 0.6 is 0 Å². The quantitative estimate of drug-likeness (QED) is 0.116. The summed E-state index contributed by atoms with van der Waals surface area (Å²) >= 11 is 0. The molecule has 0 radical (unpaired) electrons. The number of rotatable bonds is 13. The van der Waals surface area contributed by atoms with Crippen molar-refractivity contribution < 1.29 is 0 Å². The van der Waals surface area contributed by atoms with E-state index in [-0.39, 0.29) is 0 Å². The number of nitrogens with zero attached hydrogens (tertiary/aromatic N) is 4. The molecule has 3 heterocycles. The van der Waals surface area contributed by atoms with Gasteiger partial charge in [-0.3, -0.25) is 15.0 Å². The van der Waals surface area contributed by atoms with Crippen LogP contribution in [0.3, 0.4) is 0 Å². The Morgan fingerprint density at radius 1 is 0.319 bits per heavy atom. The maximum atomic E-state index is 9.38. The molecular formula is C65H52N4. The van der Waals surface area contributed by atoms with Gasteiger partial charge in [0, 0.05) is 35.3 Å². The molecule has 69 heavy (non-hydrogen) atoms. The fraction of sp³-hybridized carbons (Fsp3) is 0.108. The van der Waals surface area contributed by atoms with Gasteiger partial charge in [0.25, 0.3) is 0 Å². The summed E-state index contributed by atoms with van der Waals surface area (Å²) in [6.45, 7) is 6.21. The highest BCUT2D eigenvalue weighted by Crippen LogP contribution is 2.41. The van der Waals surface area contributed by atoms with Crippen LogP contribution in [-0.2, 0) is 25.7 Å². The van der Waals surface area contributed by atoms with Crippen molar-refractivity contribution in [3.8, 4) is 84.3 Å². The molecule has 0 aliphatic rings. The molecule has 4 heteroatoms. The molecule has 10 aromatic rings. The molecule has 0 saturated heterocycles. The predicted octanol–water partition coefficient (Wildman–Crippen LogP) is 15.9. The Kier molecular flexibility index (Phi) is 12.9. The van der Waals surface area contributed by atoms with Gasteiger partial charge < -0.3 is 0 Å². The molecule has 0 unspecified atom stereocenters. The van der Waals surface area contributed by atoms with Gasteiger partial charge >= 0.3 is 0 Å². The minimum atomic E-state index is 0.654. The summed E-state index contributed by atoms with van der Waals surface area (Å²) in [5, 5.41) is 9.38. The van der Waals surface area contributed by atoms with Crippen LogP contribution in [0.5, 0.6) is 0 Å². The molecule has 332 valence electrons. The Hall–Kier alpha value is -8.52. The third kappa shape index (κ3) is 10.4. The Balaban J connectivity index is 1.01. The normalized spacial score (nSPS) is 11.0. The number of aryl methyl sites for hydroxylation is 7. The van der Waals surface area contributed by atoms with Crippen molar-refractivity contribution in [2.45, 2.75) is 46.5 Å². The van der Waals surface area contributed by atoms with E-state index in [1.807, 2.05) is 42.9 Å². The van der Waals surface area contributed by atoms with E-state index < -0.39 is 0 Å². The highest BCUT2D eigenvalue weighted by atomic mass is 14.7. The average Bonchev–Trinajstić information content (AvgIpc) is 3.40. The molecule has 0 fully saturated rings. The smallest absolute Gasteiger partial charge is 0.0991 e. The third-order valence-corrected chi connectivity index (χ3v) is 13.1. The van der Waals surface area contributed by atoms with Crippen LogP contribution < -0.4 is 0 Å². The summed E-state index contributed by atoms with van der Waals surface area (Å²) in [6, 6.07) is 72.1. The van der Waals surface area contributed by atoms with Crippen molar-refractivity contribution in [2.24, 2.45) is 0 Å². The second kappa shape index (κ2) is 20.1. The summed E-state index contributed by atoms with van der Waals surface area (Å²) in [7, 11) is 0. The molecule has 0 spiro atoms. The monoisotopic (exact) mass is 888 g/mol. The maximum Gasteiger partial charge on any atom is 0.0991 e. The van der Waals surface area contributed by atoms with E-state index in [0.29, 0.717) is 5.56 Å². The van der Waals surface area contributed by atoms with E-state index >= 15 is 0 Å². The lowest BCUT2D eigenvalue weighted by Gasteiger charge is -2.18. The van der Waals surface area contributed by atoms with E-state index in [0.717, 1.165) is 104 Å². The summed E-state index contributed by atoms with van der Waals surface area (Å²) in [5.74, 6) is 0. The molecule has 0 amide bonds. The lowest BCUT2D eigenvalue weighted by molar-refractivity contribution is 0.931. The molecule has 4 nitrogen and oxygen atoms in total. The first-order valence-electron chi connectivity index (χ1n) is 23.8. The fourth-order valence-electron chi connectivity index (χ4n) is 9.11. The number of hydrogen-bond acceptors (Lipinski definition) is 4. The minimum Gasteiger partial charge on any atom is -0.256 e. The summed E-state index contributed by atoms with van der Waals surface area (Å²) in [4.78, 5) is 14.1. The van der Waals surface area contributed by atoms with Crippen LogP contribution in [0, 0.1) is 32.1 Å². The van der Waals surface area contributed by atoms with Crippen molar-refractivity contribution in [1.82, 2.24) is 15.0 Å². The van der Waals surface area contributed by atoms with Gasteiger partial charge in [-0.1, -0.05) is 158 Å². The van der Waals surface area contributed by atoms with Crippen molar-refractivity contribution in [3.05, 3.63) is 257 Å². The van der Waals surface area contributed by atoms with Gasteiger partial charge in [0.2, 0.25) is 0 Å². The largest absolute Gasteiger partial charge is 0.256 e. The average molecular weight is 889 g/mol. The van der Waals surface area contributed by atoms with Crippen LogP contribution in [0.2, 0.25) is 0 Å². The molecule has 0 aliphatic carbocycles. The van der Waals surface area contributed by atoms with Crippen LogP contribution in [-0.4, -0.2) is 15.0 Å². The lowest BCUT2D eigenvalue weighted by atomic mass is 9.86. The number of pyridine rings is 3. The van der Waals surface area contributed by atoms with E-state index in [1.54, 1.807) is 0 Å².